The minimum Gasteiger partial charge on any atom is -0.507 e. The van der Waals surface area contributed by atoms with Gasteiger partial charge in [-0.05, 0) is 59.1 Å². The Kier molecular flexibility index (Phi) is 3.12. The van der Waals surface area contributed by atoms with Crippen molar-refractivity contribution in [2.24, 2.45) is 5.73 Å². The lowest BCUT2D eigenvalue weighted by molar-refractivity contribution is 0.471. The topological polar surface area (TPSA) is 46.2 Å². The molecule has 0 saturated heterocycles. The van der Waals surface area contributed by atoms with Crippen LogP contribution in [0, 0.1) is 6.92 Å². The van der Waals surface area contributed by atoms with Gasteiger partial charge in [-0.25, -0.2) is 0 Å². The SMILES string of the molecule is Cc1cc(Br)c(O)cc1CCN. The van der Waals surface area contributed by atoms with E-state index >= 15 is 0 Å². The molecule has 0 aliphatic heterocycles. The largest absolute Gasteiger partial charge is 0.507 e. The summed E-state index contributed by atoms with van der Waals surface area (Å²) in [4.78, 5) is 0. The van der Waals surface area contributed by atoms with E-state index in [0.717, 1.165) is 22.0 Å². The smallest absolute Gasteiger partial charge is 0.130 e. The second kappa shape index (κ2) is 3.92. The Morgan fingerprint density at radius 3 is 2.75 bits per heavy atom. The molecule has 1 rings (SSSR count). The number of hydrogen-bond donors (Lipinski definition) is 2. The second-order valence-corrected chi connectivity index (χ2v) is 3.62. The van der Waals surface area contributed by atoms with Gasteiger partial charge in [0.15, 0.2) is 0 Å². The summed E-state index contributed by atoms with van der Waals surface area (Å²) in [6.45, 7) is 2.62. The van der Waals surface area contributed by atoms with Gasteiger partial charge in [-0.1, -0.05) is 0 Å². The minimum atomic E-state index is 0.282. The van der Waals surface area contributed by atoms with Crippen LogP contribution in [0.1, 0.15) is 11.1 Å². The lowest BCUT2D eigenvalue weighted by Crippen LogP contribution is -2.03. The van der Waals surface area contributed by atoms with E-state index in [2.05, 4.69) is 15.9 Å². The third-order valence-corrected chi connectivity index (χ3v) is 2.45. The number of aryl methyl sites for hydroxylation is 1. The number of phenolic OH excluding ortho intramolecular Hbond substituents is 1. The molecule has 3 N–H and O–H groups in total. The Hall–Kier alpha value is -0.540. The van der Waals surface area contributed by atoms with Crippen molar-refractivity contribution in [1.29, 1.82) is 0 Å². The van der Waals surface area contributed by atoms with Crippen molar-refractivity contribution in [3.05, 3.63) is 27.7 Å². The highest BCUT2D eigenvalue weighted by molar-refractivity contribution is 9.10. The highest BCUT2D eigenvalue weighted by atomic mass is 79.9. The molecule has 3 heteroatoms. The third-order valence-electron chi connectivity index (χ3n) is 1.82. The van der Waals surface area contributed by atoms with Crippen molar-refractivity contribution < 1.29 is 5.11 Å². The van der Waals surface area contributed by atoms with Crippen molar-refractivity contribution in [1.82, 2.24) is 0 Å². The van der Waals surface area contributed by atoms with E-state index in [1.807, 2.05) is 13.0 Å². The quantitative estimate of drug-likeness (QED) is 0.815. The molecule has 0 atom stereocenters. The summed E-state index contributed by atoms with van der Waals surface area (Å²) < 4.78 is 0.737. The van der Waals surface area contributed by atoms with E-state index < -0.39 is 0 Å². The third kappa shape index (κ3) is 1.99. The highest BCUT2D eigenvalue weighted by Crippen LogP contribution is 2.27. The van der Waals surface area contributed by atoms with Crippen LogP contribution in [-0.4, -0.2) is 11.7 Å². The summed E-state index contributed by atoms with van der Waals surface area (Å²) in [5.74, 6) is 0.282. The lowest BCUT2D eigenvalue weighted by atomic mass is 10.1. The molecule has 0 aliphatic carbocycles. The Balaban J connectivity index is 3.05. The number of nitrogens with two attached hydrogens (primary N) is 1. The molecular formula is C9H12BrNO. The summed E-state index contributed by atoms with van der Waals surface area (Å²) in [6, 6.07) is 3.66. The molecule has 0 radical (unpaired) electrons. The van der Waals surface area contributed by atoms with Crippen LogP contribution in [-0.2, 0) is 6.42 Å². The van der Waals surface area contributed by atoms with Gasteiger partial charge in [-0.3, -0.25) is 0 Å². The molecule has 12 heavy (non-hydrogen) atoms. The number of hydrogen-bond acceptors (Lipinski definition) is 2. The molecule has 1 aromatic rings. The fraction of sp³-hybridized carbons (Fsp3) is 0.333. The average Bonchev–Trinajstić information content (AvgIpc) is 2.01. The molecular weight excluding hydrogens is 218 g/mol. The van der Waals surface area contributed by atoms with Crippen LogP contribution < -0.4 is 5.73 Å². The first-order valence-corrected chi connectivity index (χ1v) is 4.62. The van der Waals surface area contributed by atoms with E-state index in [4.69, 9.17) is 5.73 Å². The summed E-state index contributed by atoms with van der Waals surface area (Å²) in [6.07, 6.45) is 0.812. The highest BCUT2D eigenvalue weighted by Gasteiger charge is 2.02. The molecule has 0 aromatic heterocycles. The van der Waals surface area contributed by atoms with Gasteiger partial charge in [0, 0.05) is 0 Å². The molecule has 0 spiro atoms. The van der Waals surface area contributed by atoms with E-state index in [-0.39, 0.29) is 5.75 Å². The number of phenols is 1. The predicted molar refractivity (Wildman–Crippen MR) is 53.3 cm³/mol. The normalized spacial score (nSPS) is 10.2. The Labute approximate surface area is 80.5 Å². The molecule has 0 bridgehead atoms. The van der Waals surface area contributed by atoms with Gasteiger partial charge in [0.1, 0.15) is 5.75 Å². The van der Waals surface area contributed by atoms with Crippen LogP contribution in [0.3, 0.4) is 0 Å². The van der Waals surface area contributed by atoms with Gasteiger partial charge in [0.05, 0.1) is 4.47 Å². The number of rotatable bonds is 2. The first-order valence-electron chi connectivity index (χ1n) is 3.83. The Morgan fingerprint density at radius 1 is 1.50 bits per heavy atom. The summed E-state index contributed by atoms with van der Waals surface area (Å²) >= 11 is 3.25. The van der Waals surface area contributed by atoms with Crippen LogP contribution in [0.5, 0.6) is 5.75 Å². The van der Waals surface area contributed by atoms with Gasteiger partial charge in [0.2, 0.25) is 0 Å². The van der Waals surface area contributed by atoms with Crippen molar-refractivity contribution in [2.75, 3.05) is 6.54 Å². The minimum absolute atomic E-state index is 0.282. The molecule has 1 aromatic carbocycles. The number of aromatic hydroxyl groups is 1. The van der Waals surface area contributed by atoms with E-state index in [1.54, 1.807) is 6.07 Å². The van der Waals surface area contributed by atoms with E-state index in [9.17, 15) is 5.11 Å². The van der Waals surface area contributed by atoms with Crippen LogP contribution >= 0.6 is 15.9 Å². The van der Waals surface area contributed by atoms with Crippen molar-refractivity contribution in [3.8, 4) is 5.75 Å². The van der Waals surface area contributed by atoms with Gasteiger partial charge >= 0.3 is 0 Å². The second-order valence-electron chi connectivity index (χ2n) is 2.77. The Morgan fingerprint density at radius 2 is 2.17 bits per heavy atom. The maximum Gasteiger partial charge on any atom is 0.130 e. The standard InChI is InChI=1S/C9H12BrNO/c1-6-4-8(10)9(12)5-7(6)2-3-11/h4-5,12H,2-3,11H2,1H3. The number of benzene rings is 1. The maximum absolute atomic E-state index is 9.36. The van der Waals surface area contributed by atoms with Crippen LogP contribution in [0.15, 0.2) is 16.6 Å². The van der Waals surface area contributed by atoms with Crippen molar-refractivity contribution in [3.63, 3.8) is 0 Å². The van der Waals surface area contributed by atoms with Crippen LogP contribution in [0.4, 0.5) is 0 Å². The van der Waals surface area contributed by atoms with Gasteiger partial charge in [-0.15, -0.1) is 0 Å². The maximum atomic E-state index is 9.36. The lowest BCUT2D eigenvalue weighted by Gasteiger charge is -2.06. The zero-order valence-electron chi connectivity index (χ0n) is 6.97. The zero-order valence-corrected chi connectivity index (χ0v) is 8.56. The molecule has 66 valence electrons. The fourth-order valence-corrected chi connectivity index (χ4v) is 1.59. The monoisotopic (exact) mass is 229 g/mol. The predicted octanol–water partition coefficient (Wildman–Crippen LogP) is 1.96. The zero-order chi connectivity index (χ0) is 9.14. The first-order chi connectivity index (χ1) is 5.65. The molecule has 0 fully saturated rings. The van der Waals surface area contributed by atoms with Gasteiger partial charge in [-0.2, -0.15) is 0 Å². The molecule has 0 saturated carbocycles. The van der Waals surface area contributed by atoms with E-state index in [1.165, 1.54) is 0 Å². The molecule has 0 unspecified atom stereocenters. The van der Waals surface area contributed by atoms with Crippen LogP contribution in [0.25, 0.3) is 0 Å². The van der Waals surface area contributed by atoms with Gasteiger partial charge < -0.3 is 10.8 Å². The fourth-order valence-electron chi connectivity index (χ4n) is 1.13. The summed E-state index contributed by atoms with van der Waals surface area (Å²) in [7, 11) is 0. The van der Waals surface area contributed by atoms with Gasteiger partial charge in [0.25, 0.3) is 0 Å². The first kappa shape index (κ1) is 9.55. The number of halogens is 1. The molecule has 2 nitrogen and oxygen atoms in total. The Bertz CT molecular complexity index is 286. The average molecular weight is 230 g/mol. The van der Waals surface area contributed by atoms with E-state index in [0.29, 0.717) is 6.54 Å². The van der Waals surface area contributed by atoms with Crippen molar-refractivity contribution in [2.45, 2.75) is 13.3 Å². The summed E-state index contributed by atoms with van der Waals surface area (Å²) in [5, 5.41) is 9.36. The summed E-state index contributed by atoms with van der Waals surface area (Å²) in [5.41, 5.74) is 7.69. The van der Waals surface area contributed by atoms with Crippen LogP contribution in [0.2, 0.25) is 0 Å². The molecule has 0 heterocycles. The molecule has 0 aliphatic rings. The molecule has 0 amide bonds. The van der Waals surface area contributed by atoms with Crippen molar-refractivity contribution >= 4 is 15.9 Å².